The number of piperazine rings is 1. The Morgan fingerprint density at radius 2 is 1.86 bits per heavy atom. The molecular formula is C21H24ClN3O3S. The Bertz CT molecular complexity index is 855. The number of halogens is 1. The molecule has 1 aliphatic heterocycles. The molecule has 8 heteroatoms. The maximum absolute atomic E-state index is 12.9. The zero-order chi connectivity index (χ0) is 20.8. The highest BCUT2D eigenvalue weighted by atomic mass is 35.5. The van der Waals surface area contributed by atoms with E-state index in [4.69, 9.17) is 16.3 Å². The van der Waals surface area contributed by atoms with E-state index in [0.717, 1.165) is 10.6 Å². The van der Waals surface area contributed by atoms with Crippen molar-refractivity contribution >= 4 is 35.2 Å². The number of esters is 1. The molecule has 0 saturated carbocycles. The highest BCUT2D eigenvalue weighted by Crippen LogP contribution is 2.26. The lowest BCUT2D eigenvalue weighted by Gasteiger charge is -2.38. The van der Waals surface area contributed by atoms with Crippen molar-refractivity contribution < 1.29 is 14.3 Å². The number of amides is 1. The van der Waals surface area contributed by atoms with Crippen LogP contribution in [0.3, 0.4) is 0 Å². The van der Waals surface area contributed by atoms with E-state index >= 15 is 0 Å². The van der Waals surface area contributed by atoms with Crippen LogP contribution in [-0.2, 0) is 9.53 Å². The minimum absolute atomic E-state index is 0.0266. The van der Waals surface area contributed by atoms with Crippen molar-refractivity contribution in [3.8, 4) is 0 Å². The van der Waals surface area contributed by atoms with Crippen molar-refractivity contribution in [2.45, 2.75) is 18.0 Å². The van der Waals surface area contributed by atoms with Crippen LogP contribution in [0.15, 0.2) is 47.6 Å². The van der Waals surface area contributed by atoms with Gasteiger partial charge >= 0.3 is 5.97 Å². The monoisotopic (exact) mass is 433 g/mol. The minimum Gasteiger partial charge on any atom is -0.465 e. The summed E-state index contributed by atoms with van der Waals surface area (Å²) in [4.78, 5) is 33.8. The Kier molecular flexibility index (Phi) is 7.52. The average molecular weight is 434 g/mol. The molecule has 0 spiro atoms. The number of hydrogen-bond donors (Lipinski definition) is 0. The topological polar surface area (TPSA) is 62.7 Å². The molecule has 1 aromatic carbocycles. The van der Waals surface area contributed by atoms with Crippen molar-refractivity contribution in [1.82, 2.24) is 14.8 Å². The molecule has 1 amide bonds. The molecular weight excluding hydrogens is 410 g/mol. The van der Waals surface area contributed by atoms with Crippen LogP contribution in [0.1, 0.15) is 28.9 Å². The van der Waals surface area contributed by atoms with Crippen molar-refractivity contribution in [2.24, 2.45) is 0 Å². The van der Waals surface area contributed by atoms with Gasteiger partial charge in [0.1, 0.15) is 11.1 Å². The minimum atomic E-state index is -0.510. The molecule has 2 heterocycles. The highest BCUT2D eigenvalue weighted by Gasteiger charge is 2.33. The van der Waals surface area contributed by atoms with E-state index < -0.39 is 6.04 Å². The number of thioether (sulfide) groups is 1. The molecule has 1 fully saturated rings. The molecule has 1 atom stereocenters. The third-order valence-corrected chi connectivity index (χ3v) is 5.82. The molecule has 29 heavy (non-hydrogen) atoms. The zero-order valence-electron chi connectivity index (χ0n) is 16.5. The van der Waals surface area contributed by atoms with E-state index in [9.17, 15) is 9.59 Å². The number of pyridine rings is 1. The first-order valence-corrected chi connectivity index (χ1v) is 11.1. The lowest BCUT2D eigenvalue weighted by Crippen LogP contribution is -2.51. The Labute approximate surface area is 180 Å². The van der Waals surface area contributed by atoms with Gasteiger partial charge in [-0.3, -0.25) is 9.69 Å². The quantitative estimate of drug-likeness (QED) is 0.513. The predicted octanol–water partition coefficient (Wildman–Crippen LogP) is 3.52. The fourth-order valence-electron chi connectivity index (χ4n) is 3.43. The van der Waals surface area contributed by atoms with Crippen LogP contribution in [0.5, 0.6) is 0 Å². The van der Waals surface area contributed by atoms with Crippen LogP contribution >= 0.6 is 23.4 Å². The fourth-order valence-corrected chi connectivity index (χ4v) is 4.10. The lowest BCUT2D eigenvalue weighted by molar-refractivity contribution is -0.150. The molecule has 0 bridgehead atoms. The fraction of sp³-hybridized carbons (Fsp3) is 0.381. The van der Waals surface area contributed by atoms with E-state index in [-0.39, 0.29) is 11.9 Å². The van der Waals surface area contributed by atoms with E-state index in [2.05, 4.69) is 9.88 Å². The van der Waals surface area contributed by atoms with E-state index in [1.165, 1.54) is 11.8 Å². The van der Waals surface area contributed by atoms with Crippen molar-refractivity contribution in [2.75, 3.05) is 39.0 Å². The third kappa shape index (κ3) is 5.10. The Hall–Kier alpha value is -2.09. The second-order valence-electron chi connectivity index (χ2n) is 6.59. The summed E-state index contributed by atoms with van der Waals surface area (Å²) in [6.07, 6.45) is 3.60. The van der Waals surface area contributed by atoms with Crippen LogP contribution in [0.4, 0.5) is 0 Å². The molecule has 1 saturated heterocycles. The van der Waals surface area contributed by atoms with Crippen LogP contribution in [0.25, 0.3) is 0 Å². The van der Waals surface area contributed by atoms with Gasteiger partial charge < -0.3 is 9.64 Å². The van der Waals surface area contributed by atoms with Crippen molar-refractivity contribution in [3.63, 3.8) is 0 Å². The predicted molar refractivity (Wildman–Crippen MR) is 114 cm³/mol. The lowest BCUT2D eigenvalue weighted by atomic mass is 10.0. The van der Waals surface area contributed by atoms with Gasteiger partial charge in [-0.25, -0.2) is 9.78 Å². The number of aromatic nitrogens is 1. The number of carbonyl (C=O) groups is 2. The summed E-state index contributed by atoms with van der Waals surface area (Å²) >= 11 is 7.46. The van der Waals surface area contributed by atoms with Crippen LogP contribution in [0, 0.1) is 0 Å². The van der Waals surface area contributed by atoms with Gasteiger partial charge in [-0.2, -0.15) is 0 Å². The maximum atomic E-state index is 12.9. The van der Waals surface area contributed by atoms with Crippen LogP contribution in [0.2, 0.25) is 5.02 Å². The Morgan fingerprint density at radius 1 is 1.17 bits per heavy atom. The highest BCUT2D eigenvalue weighted by molar-refractivity contribution is 7.98. The number of rotatable bonds is 6. The maximum Gasteiger partial charge on any atom is 0.328 e. The molecule has 0 aliphatic carbocycles. The van der Waals surface area contributed by atoms with Gasteiger partial charge in [0.05, 0.1) is 12.2 Å². The molecule has 154 valence electrons. The van der Waals surface area contributed by atoms with E-state index in [0.29, 0.717) is 43.4 Å². The molecule has 0 radical (unpaired) electrons. The van der Waals surface area contributed by atoms with Gasteiger partial charge in [-0.05, 0) is 43.0 Å². The summed E-state index contributed by atoms with van der Waals surface area (Å²) < 4.78 is 5.31. The van der Waals surface area contributed by atoms with E-state index in [1.54, 1.807) is 31.3 Å². The number of carbonyl (C=O) groups excluding carboxylic acids is 2. The Morgan fingerprint density at radius 3 is 2.48 bits per heavy atom. The molecule has 0 unspecified atom stereocenters. The van der Waals surface area contributed by atoms with Gasteiger partial charge in [-0.15, -0.1) is 11.8 Å². The van der Waals surface area contributed by atoms with Crippen LogP contribution in [-0.4, -0.2) is 65.7 Å². The summed E-state index contributed by atoms with van der Waals surface area (Å²) in [5.41, 5.74) is 1.46. The van der Waals surface area contributed by atoms with Gasteiger partial charge in [-0.1, -0.05) is 23.7 Å². The van der Waals surface area contributed by atoms with Gasteiger partial charge in [0.2, 0.25) is 0 Å². The van der Waals surface area contributed by atoms with E-state index in [1.807, 2.05) is 29.4 Å². The SMILES string of the molecule is CCOC(=O)[C@@H](c1ccc(Cl)cc1)N1CCN(C(=O)c2cccnc2SC)CC1. The molecule has 0 N–H and O–H groups in total. The number of ether oxygens (including phenoxy) is 1. The van der Waals surface area contributed by atoms with Gasteiger partial charge in [0.15, 0.2) is 0 Å². The largest absolute Gasteiger partial charge is 0.465 e. The second-order valence-corrected chi connectivity index (χ2v) is 7.83. The molecule has 1 aliphatic rings. The summed E-state index contributed by atoms with van der Waals surface area (Å²) in [6, 6.07) is 10.3. The summed E-state index contributed by atoms with van der Waals surface area (Å²) in [5.74, 6) is -0.312. The molecule has 2 aromatic rings. The Balaban J connectivity index is 1.73. The molecule has 1 aromatic heterocycles. The first kappa shape index (κ1) is 21.6. The summed E-state index contributed by atoms with van der Waals surface area (Å²) in [6.45, 7) is 4.33. The number of nitrogens with zero attached hydrogens (tertiary/aromatic N) is 3. The third-order valence-electron chi connectivity index (χ3n) is 4.86. The molecule has 6 nitrogen and oxygen atoms in total. The summed E-state index contributed by atoms with van der Waals surface area (Å²) in [7, 11) is 0. The second kappa shape index (κ2) is 10.1. The normalized spacial score (nSPS) is 15.8. The molecule has 3 rings (SSSR count). The zero-order valence-corrected chi connectivity index (χ0v) is 18.1. The van der Waals surface area contributed by atoms with Gasteiger partial charge in [0.25, 0.3) is 5.91 Å². The van der Waals surface area contributed by atoms with Crippen LogP contribution < -0.4 is 0 Å². The van der Waals surface area contributed by atoms with Crippen molar-refractivity contribution in [3.05, 3.63) is 58.7 Å². The number of benzene rings is 1. The van der Waals surface area contributed by atoms with Crippen molar-refractivity contribution in [1.29, 1.82) is 0 Å². The number of hydrogen-bond acceptors (Lipinski definition) is 6. The first-order chi connectivity index (χ1) is 14.0. The summed E-state index contributed by atoms with van der Waals surface area (Å²) in [5, 5.41) is 1.35. The average Bonchev–Trinajstić information content (AvgIpc) is 2.75. The standard InChI is InChI=1S/C21H24ClN3O3S/c1-3-28-21(27)18(15-6-8-16(22)9-7-15)24-11-13-25(14-12-24)20(26)17-5-4-10-23-19(17)29-2/h4-10,18H,3,11-14H2,1-2H3/t18-/m1/s1. The first-order valence-electron chi connectivity index (χ1n) is 9.49. The smallest absolute Gasteiger partial charge is 0.328 e. The van der Waals surface area contributed by atoms with Gasteiger partial charge in [0, 0.05) is 37.4 Å².